The van der Waals surface area contributed by atoms with Crippen LogP contribution in [0.25, 0.3) is 21.5 Å². The summed E-state index contributed by atoms with van der Waals surface area (Å²) in [5, 5.41) is 5.33. The summed E-state index contributed by atoms with van der Waals surface area (Å²) in [5.41, 5.74) is -5.30. The minimum atomic E-state index is -5.17. The molecule has 0 bridgehead atoms. The maximum atomic E-state index is 17.9. The summed E-state index contributed by atoms with van der Waals surface area (Å²) in [6.45, 7) is 8.16. The van der Waals surface area contributed by atoms with Crippen molar-refractivity contribution < 1.29 is 60.1 Å². The number of rotatable bonds is 18. The standard InChI is InChI=1S/C42H48F2N4O13P2/c1-25(2)56-36(50)27(5)46-63(54,60-34-19-17-30-13-9-11-15-32(30)23-34)61-38-41(7,43)39(47-21-20-35(49)45-40(47)52)58-42(38,44)24-55-62(53)48(28(6)37(51)57-26(3)4)59-33-18-16-29-12-8-10-14-31(29)22-33/h8-23,25-28,38-39,62H,24H2,1-7H3,(H,46,54)(H,45,49,52)/t27-,28?,38-,39+,41+,42+,63?/m0/s1. The molecule has 2 heterocycles. The molecule has 63 heavy (non-hydrogen) atoms. The first-order valence-electron chi connectivity index (χ1n) is 19.8. The number of fused-ring (bicyclic) bond motifs is 2. The molecule has 0 amide bonds. The number of carbonyl (C=O) groups is 2. The zero-order valence-electron chi connectivity index (χ0n) is 35.3. The Bertz CT molecular complexity index is 2660. The van der Waals surface area contributed by atoms with E-state index in [1.807, 2.05) is 17.1 Å². The van der Waals surface area contributed by atoms with E-state index in [-0.39, 0.29) is 11.5 Å². The lowest BCUT2D eigenvalue weighted by Gasteiger charge is -2.33. The van der Waals surface area contributed by atoms with Crippen molar-refractivity contribution >= 4 is 49.4 Å². The molecule has 0 aliphatic carbocycles. The molecular formula is C42H48F2N4O13P2. The van der Waals surface area contributed by atoms with Crippen LogP contribution in [0, 0.1) is 0 Å². The maximum Gasteiger partial charge on any atom is 0.460 e. The van der Waals surface area contributed by atoms with E-state index >= 15 is 8.78 Å². The highest BCUT2D eigenvalue weighted by Gasteiger charge is 2.68. The summed E-state index contributed by atoms with van der Waals surface area (Å²) >= 11 is 0. The van der Waals surface area contributed by atoms with E-state index in [2.05, 4.69) is 5.09 Å². The smallest absolute Gasteiger partial charge is 0.460 e. The summed E-state index contributed by atoms with van der Waals surface area (Å²) in [5.74, 6) is -5.45. The lowest BCUT2D eigenvalue weighted by atomic mass is 9.97. The Kier molecular flexibility index (Phi) is 14.4. The molecule has 1 fully saturated rings. The van der Waals surface area contributed by atoms with E-state index in [0.717, 1.165) is 35.3 Å². The summed E-state index contributed by atoms with van der Waals surface area (Å²) in [7, 11) is -9.09. The topological polar surface area (TPSA) is 203 Å². The van der Waals surface area contributed by atoms with E-state index in [1.165, 1.54) is 32.0 Å². The van der Waals surface area contributed by atoms with Crippen molar-refractivity contribution in [2.45, 2.75) is 96.6 Å². The lowest BCUT2D eigenvalue weighted by Crippen LogP contribution is -2.50. The van der Waals surface area contributed by atoms with Gasteiger partial charge in [0.25, 0.3) is 19.6 Å². The molecule has 1 aromatic heterocycles. The van der Waals surface area contributed by atoms with Gasteiger partial charge in [-0.05, 0) is 94.3 Å². The molecule has 338 valence electrons. The number of benzene rings is 4. The van der Waals surface area contributed by atoms with E-state index in [0.29, 0.717) is 14.8 Å². The Morgan fingerprint density at radius 1 is 0.857 bits per heavy atom. The first-order chi connectivity index (χ1) is 29.7. The second-order valence-corrected chi connectivity index (χ2v) is 18.4. The number of aromatic amines is 1. The van der Waals surface area contributed by atoms with Crippen molar-refractivity contribution in [3.05, 3.63) is 118 Å². The average Bonchev–Trinajstić information content (AvgIpc) is 3.41. The molecule has 0 spiro atoms. The number of ether oxygens (including phenoxy) is 3. The largest absolute Gasteiger partial charge is 0.462 e. The highest BCUT2D eigenvalue weighted by atomic mass is 31.2. The number of hydroxylamine groups is 1. The first kappa shape index (κ1) is 47.2. The maximum absolute atomic E-state index is 17.9. The van der Waals surface area contributed by atoms with Gasteiger partial charge in [-0.3, -0.25) is 33.0 Å². The Hall–Kier alpha value is -5.26. The number of hydrogen-bond donors (Lipinski definition) is 2. The fraction of sp³-hybridized carbons (Fsp3) is 0.381. The van der Waals surface area contributed by atoms with Crippen molar-refractivity contribution in [2.24, 2.45) is 0 Å². The molecule has 1 aliphatic heterocycles. The molecule has 4 aromatic carbocycles. The second kappa shape index (κ2) is 19.2. The van der Waals surface area contributed by atoms with Crippen LogP contribution in [-0.4, -0.2) is 74.8 Å². The lowest BCUT2D eigenvalue weighted by molar-refractivity contribution is -0.200. The van der Waals surface area contributed by atoms with Gasteiger partial charge in [0.2, 0.25) is 0 Å². The molecule has 21 heteroatoms. The quantitative estimate of drug-likeness (QED) is 0.0503. The van der Waals surface area contributed by atoms with Gasteiger partial charge in [0, 0.05) is 12.3 Å². The van der Waals surface area contributed by atoms with Crippen LogP contribution in [0.1, 0.15) is 54.7 Å². The van der Waals surface area contributed by atoms with Crippen LogP contribution in [-0.2, 0) is 42.0 Å². The monoisotopic (exact) mass is 916 g/mol. The minimum Gasteiger partial charge on any atom is -0.462 e. The Balaban J connectivity index is 1.38. The van der Waals surface area contributed by atoms with Gasteiger partial charge < -0.3 is 28.1 Å². The predicted molar refractivity (Wildman–Crippen MR) is 228 cm³/mol. The molecule has 0 saturated carbocycles. The third-order valence-electron chi connectivity index (χ3n) is 9.59. The molecule has 2 N–H and O–H groups in total. The predicted octanol–water partition coefficient (Wildman–Crippen LogP) is 7.31. The van der Waals surface area contributed by atoms with Crippen molar-refractivity contribution in [1.29, 1.82) is 0 Å². The highest BCUT2D eigenvalue weighted by Crippen LogP contribution is 2.57. The minimum absolute atomic E-state index is 0.102. The molecule has 8 atom stereocenters. The van der Waals surface area contributed by atoms with Crippen LogP contribution in [0.3, 0.4) is 0 Å². The molecule has 5 aromatic rings. The first-order valence-corrected chi connectivity index (χ1v) is 22.6. The summed E-state index contributed by atoms with van der Waals surface area (Å²) in [6.07, 6.45) is -5.35. The molecule has 1 aliphatic rings. The van der Waals surface area contributed by atoms with Crippen LogP contribution >= 0.6 is 15.9 Å². The van der Waals surface area contributed by atoms with Crippen LogP contribution in [0.4, 0.5) is 8.78 Å². The third-order valence-corrected chi connectivity index (χ3v) is 12.5. The van der Waals surface area contributed by atoms with Crippen molar-refractivity contribution in [1.82, 2.24) is 19.5 Å². The Morgan fingerprint density at radius 2 is 1.41 bits per heavy atom. The van der Waals surface area contributed by atoms with Crippen molar-refractivity contribution in [2.75, 3.05) is 6.61 Å². The SMILES string of the molecule is CC(C)OC(=O)C(C)N(Oc1ccc2ccccc2c1)[PH](=O)OC[C@@]1(F)O[C@@H](n2ccc(=O)[nH]c2=O)[C@](C)(F)[C@@H]1OP(=O)(N[C@@H](C)C(=O)OC(C)C)Oc1ccc2ccccc2c1. The fourth-order valence-corrected chi connectivity index (χ4v) is 9.43. The van der Waals surface area contributed by atoms with Crippen molar-refractivity contribution in [3.63, 3.8) is 0 Å². The molecule has 1 saturated heterocycles. The van der Waals surface area contributed by atoms with Crippen LogP contribution in [0.5, 0.6) is 11.5 Å². The normalized spacial score (nSPS) is 22.5. The van der Waals surface area contributed by atoms with E-state index < -0.39 is 93.9 Å². The van der Waals surface area contributed by atoms with Gasteiger partial charge in [0.1, 0.15) is 30.2 Å². The number of alkyl halides is 2. The van der Waals surface area contributed by atoms with Gasteiger partial charge in [0.05, 0.1) is 12.2 Å². The van der Waals surface area contributed by atoms with E-state index in [9.17, 15) is 28.3 Å². The molecule has 6 rings (SSSR count). The van der Waals surface area contributed by atoms with Crippen LogP contribution < -0.4 is 25.7 Å². The van der Waals surface area contributed by atoms with Gasteiger partial charge >= 0.3 is 25.4 Å². The number of H-pyrrole nitrogens is 1. The zero-order valence-corrected chi connectivity index (χ0v) is 37.2. The number of aromatic nitrogens is 2. The molecule has 0 radical (unpaired) electrons. The summed E-state index contributed by atoms with van der Waals surface area (Å²) < 4.78 is 98.4. The second-order valence-electron chi connectivity index (χ2n) is 15.5. The number of nitrogens with zero attached hydrogens (tertiary/aromatic N) is 2. The molecular weight excluding hydrogens is 868 g/mol. The van der Waals surface area contributed by atoms with Crippen LogP contribution in [0.15, 0.2) is 107 Å². The Labute approximate surface area is 361 Å². The number of nitrogens with one attached hydrogen (secondary N) is 2. The van der Waals surface area contributed by atoms with Gasteiger partial charge in [0.15, 0.2) is 18.0 Å². The number of halogens is 2. The fourth-order valence-electron chi connectivity index (χ4n) is 6.61. The van der Waals surface area contributed by atoms with Gasteiger partial charge in [-0.25, -0.2) is 18.1 Å². The number of esters is 2. The van der Waals surface area contributed by atoms with E-state index in [1.54, 1.807) is 82.3 Å². The highest BCUT2D eigenvalue weighted by molar-refractivity contribution is 7.52. The average molecular weight is 917 g/mol. The zero-order chi connectivity index (χ0) is 45.9. The molecule has 17 nitrogen and oxygen atoms in total. The third kappa shape index (κ3) is 11.1. The van der Waals surface area contributed by atoms with Gasteiger partial charge in [-0.1, -0.05) is 65.5 Å². The molecule has 3 unspecified atom stereocenters. The number of carbonyl (C=O) groups excluding carboxylic acids is 2. The number of hydrogen-bond acceptors (Lipinski definition) is 13. The van der Waals surface area contributed by atoms with Gasteiger partial charge in [-0.2, -0.15) is 5.09 Å². The van der Waals surface area contributed by atoms with Gasteiger partial charge in [-0.15, -0.1) is 0 Å². The van der Waals surface area contributed by atoms with Crippen molar-refractivity contribution in [3.8, 4) is 11.5 Å². The van der Waals surface area contributed by atoms with Crippen LogP contribution in [0.2, 0.25) is 0 Å². The summed E-state index contributed by atoms with van der Waals surface area (Å²) in [4.78, 5) is 59.7. The van der Waals surface area contributed by atoms with E-state index in [4.69, 9.17) is 32.6 Å². The summed E-state index contributed by atoms with van der Waals surface area (Å²) in [6, 6.07) is 21.6. The Morgan fingerprint density at radius 3 is 2.00 bits per heavy atom.